The van der Waals surface area contributed by atoms with Gasteiger partial charge in [0.1, 0.15) is 12.4 Å². The molecule has 2 rings (SSSR count). The Morgan fingerprint density at radius 3 is 3.11 bits per heavy atom. The molecule has 0 amide bonds. The molecular formula is C15H23NO2. The molecule has 0 radical (unpaired) electrons. The summed E-state index contributed by atoms with van der Waals surface area (Å²) in [5.74, 6) is 1.41. The highest BCUT2D eigenvalue weighted by Crippen LogP contribution is 2.16. The first-order chi connectivity index (χ1) is 8.78. The van der Waals surface area contributed by atoms with E-state index in [1.165, 1.54) is 12.0 Å². The lowest BCUT2D eigenvalue weighted by atomic mass is 9.99. The van der Waals surface area contributed by atoms with Crippen LogP contribution in [0.5, 0.6) is 5.75 Å². The third-order valence-corrected chi connectivity index (χ3v) is 3.53. The maximum Gasteiger partial charge on any atom is 0.119 e. The van der Waals surface area contributed by atoms with Gasteiger partial charge in [0.2, 0.25) is 0 Å². The van der Waals surface area contributed by atoms with Gasteiger partial charge in [0.15, 0.2) is 0 Å². The number of benzene rings is 1. The maximum absolute atomic E-state index is 9.18. The van der Waals surface area contributed by atoms with E-state index in [0.29, 0.717) is 12.5 Å². The Morgan fingerprint density at radius 2 is 2.33 bits per heavy atom. The molecule has 100 valence electrons. The van der Waals surface area contributed by atoms with Gasteiger partial charge in [-0.2, -0.15) is 0 Å². The number of likely N-dealkylation sites (tertiary alicyclic amines) is 1. The Morgan fingerprint density at radius 1 is 1.44 bits per heavy atom. The van der Waals surface area contributed by atoms with Gasteiger partial charge in [-0.15, -0.1) is 0 Å². The molecule has 1 aromatic carbocycles. The molecule has 0 aliphatic carbocycles. The van der Waals surface area contributed by atoms with E-state index < -0.39 is 0 Å². The molecule has 0 saturated carbocycles. The van der Waals surface area contributed by atoms with Crippen molar-refractivity contribution in [3.8, 4) is 5.75 Å². The van der Waals surface area contributed by atoms with Gasteiger partial charge in [0.05, 0.1) is 0 Å². The second kappa shape index (κ2) is 6.76. The summed E-state index contributed by atoms with van der Waals surface area (Å²) >= 11 is 0. The fraction of sp³-hybridized carbons (Fsp3) is 0.600. The van der Waals surface area contributed by atoms with Gasteiger partial charge in [0, 0.05) is 19.7 Å². The van der Waals surface area contributed by atoms with Crippen LogP contribution in [0, 0.1) is 12.8 Å². The standard InChI is InChI=1S/C15H23NO2/c1-13-4-2-6-15(10-13)18-9-8-16-7-3-5-14(11-16)12-17/h2,4,6,10,14,17H,3,5,7-9,11-12H2,1H3. The van der Waals surface area contributed by atoms with Crippen LogP contribution in [0.15, 0.2) is 24.3 Å². The number of aryl methyl sites for hydroxylation is 1. The average Bonchev–Trinajstić information content (AvgIpc) is 2.39. The van der Waals surface area contributed by atoms with Crippen molar-refractivity contribution < 1.29 is 9.84 Å². The fourth-order valence-electron chi connectivity index (χ4n) is 2.50. The summed E-state index contributed by atoms with van der Waals surface area (Å²) in [5.41, 5.74) is 1.23. The summed E-state index contributed by atoms with van der Waals surface area (Å²) in [5, 5.41) is 9.18. The van der Waals surface area contributed by atoms with Gasteiger partial charge in [-0.3, -0.25) is 4.90 Å². The summed E-state index contributed by atoms with van der Waals surface area (Å²) in [4.78, 5) is 2.39. The molecule has 1 N–H and O–H groups in total. The zero-order valence-electron chi connectivity index (χ0n) is 11.1. The molecule has 1 atom stereocenters. The minimum atomic E-state index is 0.315. The van der Waals surface area contributed by atoms with Crippen LogP contribution in [-0.2, 0) is 0 Å². The lowest BCUT2D eigenvalue weighted by Gasteiger charge is -2.31. The largest absolute Gasteiger partial charge is 0.492 e. The molecule has 1 heterocycles. The molecule has 1 aromatic rings. The number of rotatable bonds is 5. The van der Waals surface area contributed by atoms with Gasteiger partial charge < -0.3 is 9.84 Å². The van der Waals surface area contributed by atoms with E-state index in [9.17, 15) is 5.11 Å². The fourth-order valence-corrected chi connectivity index (χ4v) is 2.50. The van der Waals surface area contributed by atoms with E-state index in [-0.39, 0.29) is 0 Å². The Labute approximate surface area is 109 Å². The average molecular weight is 249 g/mol. The molecule has 3 heteroatoms. The van der Waals surface area contributed by atoms with Crippen LogP contribution < -0.4 is 4.74 Å². The lowest BCUT2D eigenvalue weighted by molar-refractivity contribution is 0.107. The van der Waals surface area contributed by atoms with Gasteiger partial charge in [-0.1, -0.05) is 12.1 Å². The molecule has 1 fully saturated rings. The monoisotopic (exact) mass is 249 g/mol. The lowest BCUT2D eigenvalue weighted by Crippen LogP contribution is -2.39. The maximum atomic E-state index is 9.18. The normalized spacial score (nSPS) is 20.9. The zero-order chi connectivity index (χ0) is 12.8. The van der Waals surface area contributed by atoms with Crippen LogP contribution in [0.4, 0.5) is 0 Å². The molecule has 0 spiro atoms. The summed E-state index contributed by atoms with van der Waals surface area (Å²) in [6.45, 7) is 6.20. The Kier molecular flexibility index (Phi) is 5.02. The van der Waals surface area contributed by atoms with Gasteiger partial charge >= 0.3 is 0 Å². The van der Waals surface area contributed by atoms with Crippen molar-refractivity contribution in [2.75, 3.05) is 32.8 Å². The van der Waals surface area contributed by atoms with Crippen molar-refractivity contribution in [3.05, 3.63) is 29.8 Å². The zero-order valence-corrected chi connectivity index (χ0v) is 11.1. The minimum absolute atomic E-state index is 0.315. The van der Waals surface area contributed by atoms with Gasteiger partial charge in [0.25, 0.3) is 0 Å². The first kappa shape index (κ1) is 13.4. The van der Waals surface area contributed by atoms with Crippen molar-refractivity contribution >= 4 is 0 Å². The number of aliphatic hydroxyl groups excluding tert-OH is 1. The molecule has 1 aliphatic rings. The number of hydrogen-bond acceptors (Lipinski definition) is 3. The summed E-state index contributed by atoms with van der Waals surface area (Å²) in [6.07, 6.45) is 2.35. The second-order valence-corrected chi connectivity index (χ2v) is 5.16. The van der Waals surface area contributed by atoms with E-state index in [1.807, 2.05) is 12.1 Å². The quantitative estimate of drug-likeness (QED) is 0.867. The van der Waals surface area contributed by atoms with Crippen LogP contribution in [0.1, 0.15) is 18.4 Å². The Bertz CT molecular complexity index is 367. The smallest absolute Gasteiger partial charge is 0.119 e. The molecular weight excluding hydrogens is 226 g/mol. The van der Waals surface area contributed by atoms with E-state index in [2.05, 4.69) is 24.0 Å². The highest BCUT2D eigenvalue weighted by molar-refractivity contribution is 5.27. The summed E-state index contributed by atoms with van der Waals surface area (Å²) < 4.78 is 5.75. The number of nitrogens with zero attached hydrogens (tertiary/aromatic N) is 1. The molecule has 18 heavy (non-hydrogen) atoms. The van der Waals surface area contributed by atoms with Crippen molar-refractivity contribution in [2.24, 2.45) is 5.92 Å². The Balaban J connectivity index is 1.72. The van der Waals surface area contributed by atoms with E-state index in [0.717, 1.165) is 38.4 Å². The first-order valence-electron chi connectivity index (χ1n) is 6.80. The van der Waals surface area contributed by atoms with E-state index in [1.54, 1.807) is 0 Å². The third kappa shape index (κ3) is 4.00. The van der Waals surface area contributed by atoms with Crippen LogP contribution in [0.25, 0.3) is 0 Å². The van der Waals surface area contributed by atoms with E-state index in [4.69, 9.17) is 4.74 Å². The molecule has 0 aromatic heterocycles. The molecule has 1 aliphatic heterocycles. The van der Waals surface area contributed by atoms with Gasteiger partial charge in [-0.25, -0.2) is 0 Å². The number of piperidine rings is 1. The summed E-state index contributed by atoms with van der Waals surface area (Å²) in [7, 11) is 0. The van der Waals surface area contributed by atoms with Crippen LogP contribution in [0.3, 0.4) is 0 Å². The topological polar surface area (TPSA) is 32.7 Å². The number of aliphatic hydroxyl groups is 1. The number of ether oxygens (including phenoxy) is 1. The van der Waals surface area contributed by atoms with Crippen LogP contribution >= 0.6 is 0 Å². The minimum Gasteiger partial charge on any atom is -0.492 e. The van der Waals surface area contributed by atoms with Crippen molar-refractivity contribution in [3.63, 3.8) is 0 Å². The van der Waals surface area contributed by atoms with Crippen molar-refractivity contribution in [1.82, 2.24) is 4.90 Å². The third-order valence-electron chi connectivity index (χ3n) is 3.53. The highest BCUT2D eigenvalue weighted by Gasteiger charge is 2.18. The Hall–Kier alpha value is -1.06. The number of hydrogen-bond donors (Lipinski definition) is 1. The predicted octanol–water partition coefficient (Wildman–Crippen LogP) is 2.08. The molecule has 0 bridgehead atoms. The second-order valence-electron chi connectivity index (χ2n) is 5.16. The van der Waals surface area contributed by atoms with E-state index >= 15 is 0 Å². The summed E-state index contributed by atoms with van der Waals surface area (Å²) in [6, 6.07) is 8.16. The molecule has 1 unspecified atom stereocenters. The first-order valence-corrected chi connectivity index (χ1v) is 6.80. The molecule has 3 nitrogen and oxygen atoms in total. The van der Waals surface area contributed by atoms with Crippen molar-refractivity contribution in [1.29, 1.82) is 0 Å². The van der Waals surface area contributed by atoms with Gasteiger partial charge in [-0.05, 0) is 49.9 Å². The van der Waals surface area contributed by atoms with Crippen LogP contribution in [-0.4, -0.2) is 42.9 Å². The SMILES string of the molecule is Cc1cccc(OCCN2CCCC(CO)C2)c1. The predicted molar refractivity (Wildman–Crippen MR) is 72.9 cm³/mol. The highest BCUT2D eigenvalue weighted by atomic mass is 16.5. The molecule has 1 saturated heterocycles. The van der Waals surface area contributed by atoms with Crippen molar-refractivity contribution in [2.45, 2.75) is 19.8 Å². The van der Waals surface area contributed by atoms with Crippen LogP contribution in [0.2, 0.25) is 0 Å².